The van der Waals surface area contributed by atoms with Crippen LogP contribution in [0.1, 0.15) is 17.4 Å². The van der Waals surface area contributed by atoms with E-state index in [1.807, 2.05) is 0 Å². The second-order valence-corrected chi connectivity index (χ2v) is 4.37. The van der Waals surface area contributed by atoms with Gasteiger partial charge in [0.2, 0.25) is 0 Å². The Labute approximate surface area is 105 Å². The van der Waals surface area contributed by atoms with Crippen molar-refractivity contribution < 1.29 is 13.9 Å². The van der Waals surface area contributed by atoms with Crippen molar-refractivity contribution >= 4 is 15.9 Å². The van der Waals surface area contributed by atoms with Crippen molar-refractivity contribution in [3.8, 4) is 0 Å². The first kappa shape index (κ1) is 12.2. The molecule has 0 aliphatic carbocycles. The number of aliphatic hydroxyl groups excluding tert-OH is 1. The van der Waals surface area contributed by atoms with Crippen LogP contribution in [-0.4, -0.2) is 14.9 Å². The summed E-state index contributed by atoms with van der Waals surface area (Å²) < 4.78 is 27.7. The number of nitrogens with zero attached hydrogens (tertiary/aromatic N) is 2. The quantitative estimate of drug-likeness (QED) is 0.866. The van der Waals surface area contributed by atoms with Crippen molar-refractivity contribution in [2.24, 2.45) is 7.05 Å². The highest BCUT2D eigenvalue weighted by Crippen LogP contribution is 2.30. The second-order valence-electron chi connectivity index (χ2n) is 3.58. The van der Waals surface area contributed by atoms with Gasteiger partial charge in [-0.3, -0.25) is 4.68 Å². The molecule has 90 valence electrons. The molecule has 1 aromatic carbocycles. The van der Waals surface area contributed by atoms with E-state index >= 15 is 0 Å². The van der Waals surface area contributed by atoms with Crippen LogP contribution in [0.5, 0.6) is 0 Å². The van der Waals surface area contributed by atoms with Crippen LogP contribution in [0, 0.1) is 11.6 Å². The predicted molar refractivity (Wildman–Crippen MR) is 61.3 cm³/mol. The first-order valence-corrected chi connectivity index (χ1v) is 5.61. The maximum absolute atomic E-state index is 13.3. The van der Waals surface area contributed by atoms with Gasteiger partial charge in [-0.05, 0) is 28.1 Å². The maximum Gasteiger partial charge on any atom is 0.173 e. The molecular weight excluding hydrogens is 294 g/mol. The van der Waals surface area contributed by atoms with E-state index in [1.165, 1.54) is 10.7 Å². The minimum atomic E-state index is -1.10. The fourth-order valence-electron chi connectivity index (χ4n) is 1.49. The van der Waals surface area contributed by atoms with E-state index in [-0.39, 0.29) is 10.0 Å². The molecule has 0 fully saturated rings. The molecule has 0 aliphatic rings. The molecule has 0 saturated carbocycles. The molecule has 0 amide bonds. The van der Waals surface area contributed by atoms with Gasteiger partial charge in [-0.1, -0.05) is 6.07 Å². The molecule has 1 heterocycles. The number of halogens is 3. The van der Waals surface area contributed by atoms with E-state index in [0.717, 1.165) is 6.07 Å². The number of aryl methyl sites for hydroxylation is 1. The Morgan fingerprint density at radius 3 is 2.65 bits per heavy atom. The molecule has 0 bridgehead atoms. The van der Waals surface area contributed by atoms with E-state index in [2.05, 4.69) is 21.0 Å². The lowest BCUT2D eigenvalue weighted by atomic mass is 10.1. The Hall–Kier alpha value is -1.27. The third kappa shape index (κ3) is 2.23. The summed E-state index contributed by atoms with van der Waals surface area (Å²) in [6.45, 7) is 0. The van der Waals surface area contributed by atoms with E-state index in [9.17, 15) is 13.9 Å². The molecule has 3 nitrogen and oxygen atoms in total. The fourth-order valence-corrected chi connectivity index (χ4v) is 2.03. The first-order valence-electron chi connectivity index (χ1n) is 4.81. The topological polar surface area (TPSA) is 38.0 Å². The molecule has 0 radical (unpaired) electrons. The Balaban J connectivity index is 2.44. The Bertz CT molecular complexity index is 556. The average molecular weight is 303 g/mol. The van der Waals surface area contributed by atoms with E-state index in [4.69, 9.17) is 0 Å². The van der Waals surface area contributed by atoms with Gasteiger partial charge in [0.05, 0.1) is 10.2 Å². The van der Waals surface area contributed by atoms with Crippen LogP contribution >= 0.6 is 15.9 Å². The van der Waals surface area contributed by atoms with Gasteiger partial charge in [0.25, 0.3) is 0 Å². The lowest BCUT2D eigenvalue weighted by Crippen LogP contribution is -2.04. The number of rotatable bonds is 2. The molecular formula is C11H9BrF2N2O. The van der Waals surface area contributed by atoms with Gasteiger partial charge in [-0.25, -0.2) is 8.78 Å². The number of aromatic nitrogens is 2. The van der Waals surface area contributed by atoms with Crippen molar-refractivity contribution in [3.63, 3.8) is 0 Å². The lowest BCUT2D eigenvalue weighted by Gasteiger charge is -2.11. The summed E-state index contributed by atoms with van der Waals surface area (Å²) in [5.41, 5.74) is 0.613. The normalized spacial score (nSPS) is 12.8. The van der Waals surface area contributed by atoms with Crippen LogP contribution in [0.15, 0.2) is 28.9 Å². The minimum absolute atomic E-state index is 0.0874. The third-order valence-electron chi connectivity index (χ3n) is 2.37. The van der Waals surface area contributed by atoms with Crippen molar-refractivity contribution in [1.82, 2.24) is 9.78 Å². The molecule has 0 aliphatic heterocycles. The molecule has 1 N–H and O–H groups in total. The van der Waals surface area contributed by atoms with Gasteiger partial charge in [0.15, 0.2) is 11.6 Å². The zero-order chi connectivity index (χ0) is 12.6. The lowest BCUT2D eigenvalue weighted by molar-refractivity contribution is 0.212. The van der Waals surface area contributed by atoms with E-state index in [0.29, 0.717) is 5.69 Å². The highest BCUT2D eigenvalue weighted by atomic mass is 79.9. The van der Waals surface area contributed by atoms with Crippen LogP contribution < -0.4 is 0 Å². The highest BCUT2D eigenvalue weighted by Gasteiger charge is 2.20. The first-order chi connectivity index (χ1) is 8.00. The average Bonchev–Trinajstić information content (AvgIpc) is 2.72. The standard InChI is InChI=1S/C11H9BrF2N2O/c1-16-5-4-8(15-16)11(17)6-2-3-7(13)10(14)9(6)12/h2-5,11,17H,1H3. The minimum Gasteiger partial charge on any atom is -0.382 e. The SMILES string of the molecule is Cn1ccc(C(O)c2ccc(F)c(F)c2Br)n1. The Kier molecular flexibility index (Phi) is 3.26. The van der Waals surface area contributed by atoms with Crippen molar-refractivity contribution in [2.75, 3.05) is 0 Å². The maximum atomic E-state index is 13.3. The third-order valence-corrected chi connectivity index (χ3v) is 3.18. The summed E-state index contributed by atoms with van der Waals surface area (Å²) in [6, 6.07) is 3.90. The van der Waals surface area contributed by atoms with Crippen LogP contribution in [0.4, 0.5) is 8.78 Å². The fraction of sp³-hybridized carbons (Fsp3) is 0.182. The summed E-state index contributed by atoms with van der Waals surface area (Å²) in [6.07, 6.45) is 0.562. The second kappa shape index (κ2) is 4.54. The molecule has 17 heavy (non-hydrogen) atoms. The molecule has 6 heteroatoms. The van der Waals surface area contributed by atoms with Gasteiger partial charge < -0.3 is 5.11 Å². The summed E-state index contributed by atoms with van der Waals surface area (Å²) in [5, 5.41) is 14.0. The largest absolute Gasteiger partial charge is 0.382 e. The molecule has 1 aromatic heterocycles. The zero-order valence-electron chi connectivity index (χ0n) is 8.86. The van der Waals surface area contributed by atoms with E-state index in [1.54, 1.807) is 19.3 Å². The summed E-state index contributed by atoms with van der Waals surface area (Å²) in [7, 11) is 1.70. The Morgan fingerprint density at radius 1 is 1.35 bits per heavy atom. The van der Waals surface area contributed by atoms with Gasteiger partial charge in [0, 0.05) is 18.8 Å². The Morgan fingerprint density at radius 2 is 2.06 bits per heavy atom. The smallest absolute Gasteiger partial charge is 0.173 e. The summed E-state index contributed by atoms with van der Waals surface area (Å²) in [5.74, 6) is -1.98. The molecule has 1 atom stereocenters. The molecule has 1 unspecified atom stereocenters. The molecule has 2 rings (SSSR count). The van der Waals surface area contributed by atoms with Crippen LogP contribution in [0.25, 0.3) is 0 Å². The number of hydrogen-bond donors (Lipinski definition) is 1. The van der Waals surface area contributed by atoms with E-state index < -0.39 is 17.7 Å². The zero-order valence-corrected chi connectivity index (χ0v) is 10.4. The summed E-state index contributed by atoms with van der Waals surface area (Å²) >= 11 is 2.93. The van der Waals surface area contributed by atoms with Gasteiger partial charge >= 0.3 is 0 Å². The monoisotopic (exact) mass is 302 g/mol. The van der Waals surface area contributed by atoms with Gasteiger partial charge in [-0.15, -0.1) is 0 Å². The predicted octanol–water partition coefficient (Wildman–Crippen LogP) is 2.54. The number of hydrogen-bond acceptors (Lipinski definition) is 2. The van der Waals surface area contributed by atoms with Crippen molar-refractivity contribution in [2.45, 2.75) is 6.10 Å². The van der Waals surface area contributed by atoms with Gasteiger partial charge in [0.1, 0.15) is 6.10 Å². The summed E-state index contributed by atoms with van der Waals surface area (Å²) in [4.78, 5) is 0. The van der Waals surface area contributed by atoms with Crippen molar-refractivity contribution in [3.05, 3.63) is 51.8 Å². The molecule has 0 saturated heterocycles. The molecule has 2 aromatic rings. The van der Waals surface area contributed by atoms with Gasteiger partial charge in [-0.2, -0.15) is 5.10 Å². The van der Waals surface area contributed by atoms with Crippen LogP contribution in [0.2, 0.25) is 0 Å². The highest BCUT2D eigenvalue weighted by molar-refractivity contribution is 9.10. The number of benzene rings is 1. The van der Waals surface area contributed by atoms with Crippen LogP contribution in [0.3, 0.4) is 0 Å². The number of aliphatic hydroxyl groups is 1. The molecule has 0 spiro atoms. The van der Waals surface area contributed by atoms with Crippen LogP contribution in [-0.2, 0) is 7.05 Å². The van der Waals surface area contributed by atoms with Crippen molar-refractivity contribution in [1.29, 1.82) is 0 Å².